The topological polar surface area (TPSA) is 58.2 Å². The smallest absolute Gasteiger partial charge is 0.269 e. The zero-order valence-electron chi connectivity index (χ0n) is 11.9. The number of hydrogen-bond acceptors (Lipinski definition) is 2. The first kappa shape index (κ1) is 14.8. The molecule has 0 fully saturated rings. The quantitative estimate of drug-likeness (QED) is 0.847. The standard InChI is InChI=1S/C17H18N2O2/c1-2-6-16(20)18-19-17(21)15-11-9-14(10-12-15)13-7-4-3-5-8-13/h3-5,7-12H,2,6H2,1H3,(H,18,20)(H,19,21). The van der Waals surface area contributed by atoms with Crippen molar-refractivity contribution in [2.75, 3.05) is 0 Å². The summed E-state index contributed by atoms with van der Waals surface area (Å²) in [5.74, 6) is -0.508. The fraction of sp³-hybridized carbons (Fsp3) is 0.176. The van der Waals surface area contributed by atoms with Gasteiger partial charge in [0.1, 0.15) is 0 Å². The van der Waals surface area contributed by atoms with Crippen LogP contribution in [0.2, 0.25) is 0 Å². The normalized spacial score (nSPS) is 9.95. The Hall–Kier alpha value is -2.62. The van der Waals surface area contributed by atoms with Gasteiger partial charge in [-0.1, -0.05) is 49.4 Å². The number of nitrogens with one attached hydrogen (secondary N) is 2. The maximum absolute atomic E-state index is 11.9. The molecular formula is C17H18N2O2. The molecule has 2 aromatic carbocycles. The van der Waals surface area contributed by atoms with E-state index in [1.165, 1.54) is 0 Å². The minimum absolute atomic E-state index is 0.188. The highest BCUT2D eigenvalue weighted by Crippen LogP contribution is 2.19. The molecule has 21 heavy (non-hydrogen) atoms. The number of amides is 2. The molecule has 0 bridgehead atoms. The minimum atomic E-state index is -0.320. The van der Waals surface area contributed by atoms with Crippen molar-refractivity contribution in [1.82, 2.24) is 10.9 Å². The molecule has 0 spiro atoms. The van der Waals surface area contributed by atoms with Gasteiger partial charge in [0, 0.05) is 12.0 Å². The molecule has 0 saturated carbocycles. The lowest BCUT2D eigenvalue weighted by atomic mass is 10.0. The summed E-state index contributed by atoms with van der Waals surface area (Å²) in [5.41, 5.74) is 7.44. The first-order valence-corrected chi connectivity index (χ1v) is 6.95. The van der Waals surface area contributed by atoms with E-state index in [9.17, 15) is 9.59 Å². The van der Waals surface area contributed by atoms with Crippen molar-refractivity contribution in [2.45, 2.75) is 19.8 Å². The van der Waals surface area contributed by atoms with Gasteiger partial charge in [-0.2, -0.15) is 0 Å². The van der Waals surface area contributed by atoms with Gasteiger partial charge in [0.05, 0.1) is 0 Å². The average molecular weight is 282 g/mol. The molecule has 4 nitrogen and oxygen atoms in total. The Labute approximate surface area is 124 Å². The molecule has 0 radical (unpaired) electrons. The summed E-state index contributed by atoms with van der Waals surface area (Å²) < 4.78 is 0. The summed E-state index contributed by atoms with van der Waals surface area (Å²) in [5, 5.41) is 0. The summed E-state index contributed by atoms with van der Waals surface area (Å²) in [6, 6.07) is 17.2. The van der Waals surface area contributed by atoms with Gasteiger partial charge >= 0.3 is 0 Å². The fourth-order valence-corrected chi connectivity index (χ4v) is 1.93. The molecule has 0 saturated heterocycles. The lowest BCUT2D eigenvalue weighted by Crippen LogP contribution is -2.41. The van der Waals surface area contributed by atoms with Crippen molar-refractivity contribution in [3.63, 3.8) is 0 Å². The van der Waals surface area contributed by atoms with Gasteiger partial charge < -0.3 is 0 Å². The van der Waals surface area contributed by atoms with Crippen LogP contribution in [0.1, 0.15) is 30.1 Å². The monoisotopic (exact) mass is 282 g/mol. The highest BCUT2D eigenvalue weighted by atomic mass is 16.2. The number of rotatable bonds is 4. The van der Waals surface area contributed by atoms with Crippen LogP contribution in [0.5, 0.6) is 0 Å². The molecule has 4 heteroatoms. The molecule has 0 unspecified atom stereocenters. The molecule has 2 aromatic rings. The number of carbonyl (C=O) groups is 2. The summed E-state index contributed by atoms with van der Waals surface area (Å²) in [7, 11) is 0. The van der Waals surface area contributed by atoms with Gasteiger partial charge in [-0.15, -0.1) is 0 Å². The van der Waals surface area contributed by atoms with E-state index < -0.39 is 0 Å². The van der Waals surface area contributed by atoms with E-state index in [1.807, 2.05) is 49.4 Å². The molecule has 0 heterocycles. The van der Waals surface area contributed by atoms with Crippen molar-refractivity contribution >= 4 is 11.8 Å². The van der Waals surface area contributed by atoms with Crippen molar-refractivity contribution in [1.29, 1.82) is 0 Å². The molecule has 0 atom stereocenters. The van der Waals surface area contributed by atoms with Crippen LogP contribution in [0.15, 0.2) is 54.6 Å². The second-order valence-electron chi connectivity index (χ2n) is 4.70. The number of carbonyl (C=O) groups excluding carboxylic acids is 2. The number of hydrazine groups is 1. The van der Waals surface area contributed by atoms with Crippen LogP contribution < -0.4 is 10.9 Å². The molecule has 2 N–H and O–H groups in total. The summed E-state index contributed by atoms with van der Waals surface area (Å²) >= 11 is 0. The van der Waals surface area contributed by atoms with Gasteiger partial charge in [-0.05, 0) is 29.7 Å². The Bertz CT molecular complexity index is 606. The fourth-order valence-electron chi connectivity index (χ4n) is 1.93. The first-order valence-electron chi connectivity index (χ1n) is 6.95. The number of hydrogen-bond donors (Lipinski definition) is 2. The zero-order valence-corrected chi connectivity index (χ0v) is 11.9. The molecule has 2 amide bonds. The van der Waals surface area contributed by atoms with Crippen LogP contribution in [0.3, 0.4) is 0 Å². The second-order valence-corrected chi connectivity index (χ2v) is 4.70. The lowest BCUT2D eigenvalue weighted by molar-refractivity contribution is -0.121. The van der Waals surface area contributed by atoms with Crippen LogP contribution in [0.4, 0.5) is 0 Å². The summed E-state index contributed by atoms with van der Waals surface area (Å²) in [6.45, 7) is 1.91. The van der Waals surface area contributed by atoms with E-state index in [1.54, 1.807) is 12.1 Å². The number of benzene rings is 2. The third-order valence-electron chi connectivity index (χ3n) is 3.05. The lowest BCUT2D eigenvalue weighted by Gasteiger charge is -2.07. The molecule has 0 aromatic heterocycles. The SMILES string of the molecule is CCCC(=O)NNC(=O)c1ccc(-c2ccccc2)cc1. The highest BCUT2D eigenvalue weighted by molar-refractivity contribution is 5.95. The Kier molecular flexibility index (Phi) is 5.10. The molecule has 108 valence electrons. The third-order valence-corrected chi connectivity index (χ3v) is 3.05. The van der Waals surface area contributed by atoms with Crippen LogP contribution in [0.25, 0.3) is 11.1 Å². The van der Waals surface area contributed by atoms with E-state index in [4.69, 9.17) is 0 Å². The molecule has 0 aliphatic rings. The van der Waals surface area contributed by atoms with Crippen LogP contribution in [-0.4, -0.2) is 11.8 Å². The molecule has 0 aliphatic heterocycles. The van der Waals surface area contributed by atoms with Crippen molar-refractivity contribution in [3.8, 4) is 11.1 Å². The Morgan fingerprint density at radius 3 is 2.10 bits per heavy atom. The molecular weight excluding hydrogens is 264 g/mol. The van der Waals surface area contributed by atoms with E-state index in [0.717, 1.165) is 17.5 Å². The first-order chi connectivity index (χ1) is 10.2. The van der Waals surface area contributed by atoms with E-state index in [2.05, 4.69) is 10.9 Å². The van der Waals surface area contributed by atoms with Gasteiger partial charge in [0.15, 0.2) is 0 Å². The molecule has 2 rings (SSSR count). The van der Waals surface area contributed by atoms with Crippen molar-refractivity contribution in [3.05, 3.63) is 60.2 Å². The average Bonchev–Trinajstić information content (AvgIpc) is 2.54. The van der Waals surface area contributed by atoms with E-state index >= 15 is 0 Å². The summed E-state index contributed by atoms with van der Waals surface area (Å²) in [4.78, 5) is 23.2. The Morgan fingerprint density at radius 1 is 0.857 bits per heavy atom. The minimum Gasteiger partial charge on any atom is -0.273 e. The predicted octanol–water partition coefficient (Wildman–Crippen LogP) is 2.91. The van der Waals surface area contributed by atoms with Crippen LogP contribution in [-0.2, 0) is 4.79 Å². The van der Waals surface area contributed by atoms with Gasteiger partial charge in [-0.25, -0.2) is 0 Å². The predicted molar refractivity (Wildman–Crippen MR) is 82.4 cm³/mol. The van der Waals surface area contributed by atoms with Crippen LogP contribution in [0, 0.1) is 0 Å². The zero-order chi connectivity index (χ0) is 15.1. The van der Waals surface area contributed by atoms with Crippen molar-refractivity contribution < 1.29 is 9.59 Å². The van der Waals surface area contributed by atoms with Gasteiger partial charge in [0.2, 0.25) is 5.91 Å². The maximum atomic E-state index is 11.9. The molecule has 0 aliphatic carbocycles. The van der Waals surface area contributed by atoms with Crippen LogP contribution >= 0.6 is 0 Å². The van der Waals surface area contributed by atoms with Gasteiger partial charge in [-0.3, -0.25) is 20.4 Å². The van der Waals surface area contributed by atoms with E-state index in [0.29, 0.717) is 12.0 Å². The summed E-state index contributed by atoms with van der Waals surface area (Å²) in [6.07, 6.45) is 1.14. The largest absolute Gasteiger partial charge is 0.273 e. The highest BCUT2D eigenvalue weighted by Gasteiger charge is 2.07. The third kappa shape index (κ3) is 4.18. The maximum Gasteiger partial charge on any atom is 0.269 e. The van der Waals surface area contributed by atoms with Crippen molar-refractivity contribution in [2.24, 2.45) is 0 Å². The second kappa shape index (κ2) is 7.24. The van der Waals surface area contributed by atoms with E-state index in [-0.39, 0.29) is 11.8 Å². The Balaban J connectivity index is 1.99. The van der Waals surface area contributed by atoms with Gasteiger partial charge in [0.25, 0.3) is 5.91 Å². The Morgan fingerprint density at radius 2 is 1.48 bits per heavy atom.